The van der Waals surface area contributed by atoms with E-state index in [1.165, 1.54) is 31.4 Å². The fourth-order valence-corrected chi connectivity index (χ4v) is 4.66. The number of phenols is 1. The van der Waals surface area contributed by atoms with Gasteiger partial charge in [0.2, 0.25) is 5.91 Å². The molecule has 196 valence electrons. The Labute approximate surface area is 217 Å². The quantitative estimate of drug-likeness (QED) is 0.194. The first-order chi connectivity index (χ1) is 18.0. The fraction of sp³-hybridized carbons (Fsp3) is 0.167. The highest BCUT2D eigenvalue weighted by Crippen LogP contribution is 2.40. The molecule has 2 aromatic carbocycles. The van der Waals surface area contributed by atoms with Gasteiger partial charge in [0.1, 0.15) is 23.1 Å². The number of benzene rings is 2. The second kappa shape index (κ2) is 9.99. The number of nitrogens with two attached hydrogens (primary N) is 1. The Kier molecular flexibility index (Phi) is 6.93. The smallest absolute Gasteiger partial charge is 0.299 e. The summed E-state index contributed by atoms with van der Waals surface area (Å²) in [5, 5.41) is 33.4. The molecule has 4 rings (SSSR count). The number of carbonyl (C=O) groups excluding carboxylic acids is 1. The molecule has 1 heterocycles. The molecule has 38 heavy (non-hydrogen) atoms. The Hall–Kier alpha value is -4.69. The molecule has 14 heteroatoms. The lowest BCUT2D eigenvalue weighted by Gasteiger charge is -2.28. The number of carbonyl (C=O) groups is 1. The topological polar surface area (TPSA) is 212 Å². The number of rotatable bonds is 7. The van der Waals surface area contributed by atoms with E-state index in [0.717, 1.165) is 12.1 Å². The SMILES string of the molecule is COc1ccc(-c2nc(-c3ccc(C(N)=O)c(S(=O)O)c3[N+](=O)[O-])nc(C3(C)CC=CC=C3O)n2)c(O)c1. The number of aromatic nitrogens is 3. The fourth-order valence-electron chi connectivity index (χ4n) is 3.95. The second-order valence-electron chi connectivity index (χ2n) is 8.41. The van der Waals surface area contributed by atoms with E-state index in [4.69, 9.17) is 10.5 Å². The van der Waals surface area contributed by atoms with Crippen molar-refractivity contribution >= 4 is 22.7 Å². The summed E-state index contributed by atoms with van der Waals surface area (Å²) in [5.74, 6) is -1.56. The maximum absolute atomic E-state index is 12.1. The van der Waals surface area contributed by atoms with Crippen LogP contribution in [0.5, 0.6) is 11.5 Å². The lowest BCUT2D eigenvalue weighted by molar-refractivity contribution is -0.387. The standard InChI is InChI=1S/C24H21N5O8S/c1-24(10-4-3-5-17(24)31)23-27-21(13-7-6-12(37-2)11-16(13)30)26-22(28-23)14-8-9-15(20(25)32)19(38(35)36)18(14)29(33)34/h3-9,11,30-31H,10H2,1-2H3,(H2,25,32)(H,35,36). The van der Waals surface area contributed by atoms with Crippen molar-refractivity contribution < 1.29 is 33.4 Å². The number of primary amides is 1. The van der Waals surface area contributed by atoms with E-state index in [-0.39, 0.29) is 46.5 Å². The molecule has 0 saturated carbocycles. The molecular formula is C24H21N5O8S. The highest BCUT2D eigenvalue weighted by Gasteiger charge is 2.37. The van der Waals surface area contributed by atoms with Gasteiger partial charge in [0, 0.05) is 6.07 Å². The molecule has 3 aromatic rings. The van der Waals surface area contributed by atoms with Crippen molar-refractivity contribution in [2.75, 3.05) is 7.11 Å². The zero-order chi connectivity index (χ0) is 27.8. The summed E-state index contributed by atoms with van der Waals surface area (Å²) in [6.45, 7) is 1.65. The zero-order valence-corrected chi connectivity index (χ0v) is 20.8. The number of nitrogens with zero attached hydrogens (tertiary/aromatic N) is 4. The van der Waals surface area contributed by atoms with E-state index < -0.39 is 43.5 Å². The van der Waals surface area contributed by atoms with Crippen LogP contribution in [0.4, 0.5) is 5.69 Å². The van der Waals surface area contributed by atoms with Gasteiger partial charge in [-0.1, -0.05) is 12.2 Å². The average molecular weight is 540 g/mol. The Bertz CT molecular complexity index is 1570. The monoisotopic (exact) mass is 539 g/mol. The average Bonchev–Trinajstić information content (AvgIpc) is 2.88. The third kappa shape index (κ3) is 4.57. The van der Waals surface area contributed by atoms with Crippen LogP contribution in [0, 0.1) is 10.1 Å². The number of aliphatic hydroxyl groups is 1. The second-order valence-corrected chi connectivity index (χ2v) is 9.32. The molecule has 2 atom stereocenters. The van der Waals surface area contributed by atoms with Crippen molar-refractivity contribution in [3.05, 3.63) is 75.8 Å². The summed E-state index contributed by atoms with van der Waals surface area (Å²) < 4.78 is 27.0. The molecular weight excluding hydrogens is 518 g/mol. The highest BCUT2D eigenvalue weighted by atomic mass is 32.2. The third-order valence-corrected chi connectivity index (χ3v) is 6.81. The minimum absolute atomic E-state index is 0.00534. The number of amides is 1. The third-order valence-electron chi connectivity index (χ3n) is 6.05. The van der Waals surface area contributed by atoms with Gasteiger partial charge in [0.05, 0.1) is 34.1 Å². The summed E-state index contributed by atoms with van der Waals surface area (Å²) in [5.41, 5.74) is 2.49. The van der Waals surface area contributed by atoms with Gasteiger partial charge in [0.15, 0.2) is 27.6 Å². The molecule has 1 amide bonds. The Morgan fingerprint density at radius 1 is 1.16 bits per heavy atom. The van der Waals surface area contributed by atoms with Gasteiger partial charge < -0.3 is 25.2 Å². The van der Waals surface area contributed by atoms with Crippen molar-refractivity contribution in [3.63, 3.8) is 0 Å². The van der Waals surface area contributed by atoms with E-state index in [2.05, 4.69) is 15.0 Å². The summed E-state index contributed by atoms with van der Waals surface area (Å²) in [6.07, 6.45) is 5.13. The van der Waals surface area contributed by atoms with Gasteiger partial charge in [-0.2, -0.15) is 0 Å². The van der Waals surface area contributed by atoms with E-state index >= 15 is 0 Å². The van der Waals surface area contributed by atoms with Gasteiger partial charge in [-0.25, -0.2) is 19.2 Å². The van der Waals surface area contributed by atoms with Crippen LogP contribution in [0.1, 0.15) is 29.5 Å². The lowest BCUT2D eigenvalue weighted by Crippen LogP contribution is -2.29. The van der Waals surface area contributed by atoms with Gasteiger partial charge in [-0.05, 0) is 43.7 Å². The van der Waals surface area contributed by atoms with Crippen LogP contribution in [-0.2, 0) is 16.5 Å². The number of nitro groups is 1. The predicted octanol–water partition coefficient (Wildman–Crippen LogP) is 3.17. The van der Waals surface area contributed by atoms with Gasteiger partial charge in [-0.3, -0.25) is 14.9 Å². The molecule has 1 aliphatic rings. The zero-order valence-electron chi connectivity index (χ0n) is 20.0. The van der Waals surface area contributed by atoms with Crippen LogP contribution in [0.2, 0.25) is 0 Å². The molecule has 0 fully saturated rings. The lowest BCUT2D eigenvalue weighted by atomic mass is 9.81. The van der Waals surface area contributed by atoms with E-state index in [1.54, 1.807) is 19.1 Å². The molecule has 5 N–H and O–H groups in total. The van der Waals surface area contributed by atoms with Crippen molar-refractivity contribution in [1.82, 2.24) is 15.0 Å². The molecule has 0 radical (unpaired) electrons. The predicted molar refractivity (Wildman–Crippen MR) is 135 cm³/mol. The molecule has 1 aliphatic carbocycles. The number of ether oxygens (including phenoxy) is 1. The van der Waals surface area contributed by atoms with Crippen molar-refractivity contribution in [1.29, 1.82) is 0 Å². The number of hydrogen-bond acceptors (Lipinski definition) is 10. The maximum atomic E-state index is 12.1. The first-order valence-corrected chi connectivity index (χ1v) is 12.0. The molecule has 2 unspecified atom stereocenters. The first-order valence-electron chi connectivity index (χ1n) is 10.9. The Morgan fingerprint density at radius 3 is 2.37 bits per heavy atom. The number of aromatic hydroxyl groups is 1. The number of hydrogen-bond donors (Lipinski definition) is 4. The van der Waals surface area contributed by atoms with Crippen LogP contribution >= 0.6 is 0 Å². The number of aliphatic hydroxyl groups excluding tert-OH is 1. The number of nitro benzene ring substituents is 1. The summed E-state index contributed by atoms with van der Waals surface area (Å²) in [6, 6.07) is 6.51. The minimum atomic E-state index is -2.98. The first kappa shape index (κ1) is 26.4. The van der Waals surface area contributed by atoms with E-state index in [9.17, 15) is 33.9 Å². The van der Waals surface area contributed by atoms with Crippen LogP contribution in [0.25, 0.3) is 22.8 Å². The van der Waals surface area contributed by atoms with Gasteiger partial charge in [-0.15, -0.1) is 0 Å². The van der Waals surface area contributed by atoms with Crippen LogP contribution in [-0.4, -0.2) is 51.9 Å². The Morgan fingerprint density at radius 2 is 1.82 bits per heavy atom. The number of allylic oxidation sites excluding steroid dienone is 4. The Balaban J connectivity index is 2.07. The molecule has 0 bridgehead atoms. The largest absolute Gasteiger partial charge is 0.511 e. The van der Waals surface area contributed by atoms with Crippen molar-refractivity contribution in [2.24, 2.45) is 5.73 Å². The summed E-state index contributed by atoms with van der Waals surface area (Å²) >= 11 is -2.98. The van der Waals surface area contributed by atoms with E-state index in [0.29, 0.717) is 5.75 Å². The van der Waals surface area contributed by atoms with Crippen molar-refractivity contribution in [3.8, 4) is 34.3 Å². The summed E-state index contributed by atoms with van der Waals surface area (Å²) in [7, 11) is 1.41. The molecule has 0 spiro atoms. The normalized spacial score (nSPS) is 17.5. The molecule has 13 nitrogen and oxygen atoms in total. The van der Waals surface area contributed by atoms with E-state index in [1.807, 2.05) is 0 Å². The maximum Gasteiger partial charge on any atom is 0.299 e. The summed E-state index contributed by atoms with van der Waals surface area (Å²) in [4.78, 5) is 35.4. The molecule has 0 saturated heterocycles. The van der Waals surface area contributed by atoms with Crippen LogP contribution in [0.15, 0.2) is 59.2 Å². The van der Waals surface area contributed by atoms with Crippen LogP contribution in [0.3, 0.4) is 0 Å². The number of methoxy groups -OCH3 is 1. The van der Waals surface area contributed by atoms with Gasteiger partial charge >= 0.3 is 0 Å². The highest BCUT2D eigenvalue weighted by molar-refractivity contribution is 7.79. The van der Waals surface area contributed by atoms with Crippen molar-refractivity contribution in [2.45, 2.75) is 23.7 Å². The number of phenolic OH excluding ortho intramolecular Hbond substituents is 1. The molecule has 1 aromatic heterocycles. The minimum Gasteiger partial charge on any atom is -0.511 e. The van der Waals surface area contributed by atoms with Crippen LogP contribution < -0.4 is 10.5 Å². The van der Waals surface area contributed by atoms with Gasteiger partial charge in [0.25, 0.3) is 5.69 Å². The molecule has 0 aliphatic heterocycles.